The second-order valence-corrected chi connectivity index (χ2v) is 7.85. The summed E-state index contributed by atoms with van der Waals surface area (Å²) in [6.45, 7) is 0.397. The summed E-state index contributed by atoms with van der Waals surface area (Å²) in [4.78, 5) is 25.2. The van der Waals surface area contributed by atoms with Gasteiger partial charge in [0.25, 0.3) is 0 Å². The van der Waals surface area contributed by atoms with E-state index in [4.69, 9.17) is 9.47 Å². The number of rotatable bonds is 5. The molecule has 0 aliphatic carbocycles. The van der Waals surface area contributed by atoms with Gasteiger partial charge in [0.05, 0.1) is 12.7 Å². The highest BCUT2D eigenvalue weighted by molar-refractivity contribution is 7.99. The van der Waals surface area contributed by atoms with Crippen molar-refractivity contribution < 1.29 is 19.1 Å². The quantitative estimate of drug-likeness (QED) is 0.410. The van der Waals surface area contributed by atoms with Gasteiger partial charge in [-0.2, -0.15) is 0 Å². The van der Waals surface area contributed by atoms with E-state index in [1.807, 2.05) is 66.7 Å². The van der Waals surface area contributed by atoms with Gasteiger partial charge in [-0.3, -0.25) is 4.79 Å². The normalized spacial score (nSPS) is 14.3. The van der Waals surface area contributed by atoms with E-state index < -0.39 is 0 Å². The maximum absolute atomic E-state index is 12.7. The van der Waals surface area contributed by atoms with Gasteiger partial charge in [0.1, 0.15) is 12.4 Å². The van der Waals surface area contributed by atoms with Crippen molar-refractivity contribution in [1.82, 2.24) is 0 Å². The standard InChI is InChI=1S/C25H20O4S/c1-28-25(27)19-10-6-18(7-11-19)15-29-21-12-8-17(9-13-21)14-20-16-30-23-5-3-2-4-22(23)24(20)26/h2-14H,15-16H2,1H3. The Balaban J connectivity index is 1.39. The molecule has 3 aromatic rings. The van der Waals surface area contributed by atoms with E-state index in [0.29, 0.717) is 17.9 Å². The van der Waals surface area contributed by atoms with Crippen molar-refractivity contribution in [3.63, 3.8) is 0 Å². The highest BCUT2D eigenvalue weighted by Crippen LogP contribution is 2.33. The largest absolute Gasteiger partial charge is 0.489 e. The fraction of sp³-hybridized carbons (Fsp3) is 0.120. The Kier molecular flexibility index (Phi) is 6.00. The molecule has 0 unspecified atom stereocenters. The van der Waals surface area contributed by atoms with Crippen LogP contribution in [-0.2, 0) is 11.3 Å². The first kappa shape index (κ1) is 20.0. The maximum Gasteiger partial charge on any atom is 0.337 e. The van der Waals surface area contributed by atoms with Crippen LogP contribution in [-0.4, -0.2) is 24.6 Å². The van der Waals surface area contributed by atoms with Crippen molar-refractivity contribution in [1.29, 1.82) is 0 Å². The molecule has 1 aliphatic rings. The third-order valence-electron chi connectivity index (χ3n) is 4.81. The predicted molar refractivity (Wildman–Crippen MR) is 118 cm³/mol. The van der Waals surface area contributed by atoms with Crippen LogP contribution in [0.5, 0.6) is 5.75 Å². The van der Waals surface area contributed by atoms with Crippen LogP contribution in [0.25, 0.3) is 6.08 Å². The van der Waals surface area contributed by atoms with E-state index in [0.717, 1.165) is 32.9 Å². The summed E-state index contributed by atoms with van der Waals surface area (Å²) in [6, 6.07) is 22.5. The first-order valence-corrected chi connectivity index (χ1v) is 10.5. The number of hydrogen-bond donors (Lipinski definition) is 0. The number of hydrogen-bond acceptors (Lipinski definition) is 5. The minimum absolute atomic E-state index is 0.0973. The lowest BCUT2D eigenvalue weighted by Gasteiger charge is -2.16. The van der Waals surface area contributed by atoms with Crippen molar-refractivity contribution in [3.8, 4) is 5.75 Å². The van der Waals surface area contributed by atoms with Gasteiger partial charge in [-0.1, -0.05) is 36.4 Å². The molecule has 0 saturated heterocycles. The van der Waals surface area contributed by atoms with Crippen LogP contribution >= 0.6 is 11.8 Å². The van der Waals surface area contributed by atoms with Crippen molar-refractivity contribution in [2.24, 2.45) is 0 Å². The van der Waals surface area contributed by atoms with E-state index in [9.17, 15) is 9.59 Å². The fourth-order valence-corrected chi connectivity index (χ4v) is 4.18. The zero-order valence-corrected chi connectivity index (χ0v) is 17.3. The number of carbonyl (C=O) groups excluding carboxylic acids is 2. The minimum atomic E-state index is -0.356. The second kappa shape index (κ2) is 9.01. The minimum Gasteiger partial charge on any atom is -0.489 e. The van der Waals surface area contributed by atoms with Crippen molar-refractivity contribution in [2.75, 3.05) is 12.9 Å². The summed E-state index contributed by atoms with van der Waals surface area (Å²) in [6.07, 6.45) is 1.95. The van der Waals surface area contributed by atoms with Crippen LogP contribution in [0.2, 0.25) is 0 Å². The molecular weight excluding hydrogens is 396 g/mol. The Bertz CT molecular complexity index is 1100. The molecule has 0 bridgehead atoms. The summed E-state index contributed by atoms with van der Waals surface area (Å²) < 4.78 is 10.5. The highest BCUT2D eigenvalue weighted by atomic mass is 32.2. The van der Waals surface area contributed by atoms with Gasteiger partial charge in [-0.15, -0.1) is 11.8 Å². The Hall–Kier alpha value is -3.31. The number of Topliss-reactive ketones (excluding diaryl/α,β-unsaturated/α-hetero) is 1. The number of ketones is 1. The van der Waals surface area contributed by atoms with Crippen LogP contribution in [0.4, 0.5) is 0 Å². The number of fused-ring (bicyclic) bond motifs is 1. The molecule has 0 aromatic heterocycles. The second-order valence-electron chi connectivity index (χ2n) is 6.83. The fourth-order valence-electron chi connectivity index (χ4n) is 3.16. The number of esters is 1. The Morgan fingerprint density at radius 1 is 1.00 bits per heavy atom. The lowest BCUT2D eigenvalue weighted by atomic mass is 10.0. The summed E-state index contributed by atoms with van der Waals surface area (Å²) >= 11 is 1.69. The summed E-state index contributed by atoms with van der Waals surface area (Å²) in [7, 11) is 1.36. The molecule has 1 heterocycles. The molecular formula is C25H20O4S. The lowest BCUT2D eigenvalue weighted by molar-refractivity contribution is 0.0600. The van der Waals surface area contributed by atoms with Crippen LogP contribution < -0.4 is 4.74 Å². The van der Waals surface area contributed by atoms with E-state index in [-0.39, 0.29) is 11.8 Å². The van der Waals surface area contributed by atoms with Crippen molar-refractivity contribution >= 4 is 29.6 Å². The molecule has 0 saturated carbocycles. The third-order valence-corrected chi connectivity index (χ3v) is 5.93. The Morgan fingerprint density at radius 3 is 2.47 bits per heavy atom. The molecule has 5 heteroatoms. The van der Waals surface area contributed by atoms with E-state index in [2.05, 4.69) is 0 Å². The van der Waals surface area contributed by atoms with Gasteiger partial charge in [-0.05, 0) is 53.6 Å². The summed E-state index contributed by atoms with van der Waals surface area (Å²) in [5.41, 5.74) is 4.01. The number of thioether (sulfide) groups is 1. The van der Waals surface area contributed by atoms with Gasteiger partial charge < -0.3 is 9.47 Å². The molecule has 0 radical (unpaired) electrons. The van der Waals surface area contributed by atoms with Crippen molar-refractivity contribution in [3.05, 3.63) is 101 Å². The predicted octanol–water partition coefficient (Wildman–Crippen LogP) is 5.42. The SMILES string of the molecule is COC(=O)c1ccc(COc2ccc(C=C3CSc4ccccc4C3=O)cc2)cc1. The van der Waals surface area contributed by atoms with E-state index in [1.54, 1.807) is 23.9 Å². The Morgan fingerprint density at radius 2 is 1.73 bits per heavy atom. The molecule has 150 valence electrons. The molecule has 0 amide bonds. The highest BCUT2D eigenvalue weighted by Gasteiger charge is 2.21. The summed E-state index contributed by atoms with van der Waals surface area (Å²) in [5.74, 6) is 1.16. The molecule has 4 nitrogen and oxygen atoms in total. The molecule has 4 rings (SSSR count). The number of carbonyl (C=O) groups is 2. The van der Waals surface area contributed by atoms with Gasteiger partial charge >= 0.3 is 5.97 Å². The van der Waals surface area contributed by atoms with Crippen LogP contribution in [0.3, 0.4) is 0 Å². The molecule has 0 spiro atoms. The van der Waals surface area contributed by atoms with Gasteiger partial charge in [0.15, 0.2) is 5.78 Å². The van der Waals surface area contributed by atoms with Gasteiger partial charge in [0.2, 0.25) is 0 Å². The molecule has 30 heavy (non-hydrogen) atoms. The molecule has 3 aromatic carbocycles. The summed E-state index contributed by atoms with van der Waals surface area (Å²) in [5, 5.41) is 0. The first-order chi connectivity index (χ1) is 14.6. The van der Waals surface area contributed by atoms with E-state index >= 15 is 0 Å². The van der Waals surface area contributed by atoms with Crippen LogP contribution in [0, 0.1) is 0 Å². The number of ether oxygens (including phenoxy) is 2. The van der Waals surface area contributed by atoms with E-state index in [1.165, 1.54) is 7.11 Å². The Labute approximate surface area is 179 Å². The molecule has 0 atom stereocenters. The average molecular weight is 416 g/mol. The average Bonchev–Trinajstić information content (AvgIpc) is 2.80. The number of benzene rings is 3. The lowest BCUT2D eigenvalue weighted by Crippen LogP contribution is -2.11. The zero-order valence-electron chi connectivity index (χ0n) is 16.5. The third kappa shape index (κ3) is 4.47. The topological polar surface area (TPSA) is 52.6 Å². The van der Waals surface area contributed by atoms with Crippen LogP contribution in [0.15, 0.2) is 83.3 Å². The maximum atomic E-state index is 12.7. The molecule has 1 aliphatic heterocycles. The van der Waals surface area contributed by atoms with Crippen molar-refractivity contribution in [2.45, 2.75) is 11.5 Å². The zero-order chi connectivity index (χ0) is 20.9. The number of methoxy groups -OCH3 is 1. The smallest absolute Gasteiger partial charge is 0.337 e. The van der Waals surface area contributed by atoms with Crippen LogP contribution in [0.1, 0.15) is 31.8 Å². The first-order valence-electron chi connectivity index (χ1n) is 9.51. The van der Waals surface area contributed by atoms with Gasteiger partial charge in [0, 0.05) is 21.8 Å². The molecule has 0 fully saturated rings. The monoisotopic (exact) mass is 416 g/mol. The van der Waals surface area contributed by atoms with Gasteiger partial charge in [-0.25, -0.2) is 4.79 Å². The molecule has 0 N–H and O–H groups in total.